The lowest BCUT2D eigenvalue weighted by atomic mass is 9.98. The maximum Gasteiger partial charge on any atom is 0.123 e. The second-order valence-corrected chi connectivity index (χ2v) is 6.73. The van der Waals surface area contributed by atoms with Crippen molar-refractivity contribution in [3.63, 3.8) is 0 Å². The first-order valence-electron chi connectivity index (χ1n) is 7.36. The quantitative estimate of drug-likeness (QED) is 0.642. The number of methoxy groups -OCH3 is 1. The Labute approximate surface area is 119 Å². The lowest BCUT2D eigenvalue weighted by Gasteiger charge is -2.10. The van der Waals surface area contributed by atoms with E-state index in [2.05, 4.69) is 25.1 Å². The number of thiophene rings is 1. The average molecular weight is 274 g/mol. The normalized spacial score (nSPS) is 17.6. The minimum Gasteiger partial charge on any atom is -0.496 e. The fraction of sp³-hybridized carbons (Fsp3) is 0.529. The first-order valence-corrected chi connectivity index (χ1v) is 8.18. The van der Waals surface area contributed by atoms with Crippen LogP contribution < -0.4 is 4.74 Å². The Morgan fingerprint density at radius 2 is 1.84 bits per heavy atom. The maximum atomic E-state index is 5.43. The van der Waals surface area contributed by atoms with E-state index < -0.39 is 0 Å². The van der Waals surface area contributed by atoms with Crippen molar-refractivity contribution in [3.05, 3.63) is 28.6 Å². The van der Waals surface area contributed by atoms with E-state index >= 15 is 0 Å². The van der Waals surface area contributed by atoms with Crippen LogP contribution in [0.5, 0.6) is 5.75 Å². The molecule has 19 heavy (non-hydrogen) atoms. The summed E-state index contributed by atoms with van der Waals surface area (Å²) in [5.74, 6) is 1.81. The van der Waals surface area contributed by atoms with E-state index in [1.807, 2.05) is 11.3 Å². The molecule has 0 amide bonds. The molecule has 1 fully saturated rings. The molecular weight excluding hydrogens is 252 g/mol. The summed E-state index contributed by atoms with van der Waals surface area (Å²) in [4.78, 5) is 1.59. The Bertz CT molecular complexity index is 562. The number of fused-ring (bicyclic) bond motifs is 1. The molecule has 1 nitrogen and oxygen atoms in total. The zero-order valence-electron chi connectivity index (χ0n) is 11.9. The van der Waals surface area contributed by atoms with E-state index in [0.717, 1.165) is 11.7 Å². The van der Waals surface area contributed by atoms with Crippen molar-refractivity contribution in [2.24, 2.45) is 0 Å². The standard InChI is InChI=1S/C17H22OS/c1-12-15(18-2)10-9-14-11-16(19-17(12)14)13-7-5-3-4-6-8-13/h9-11,13H,3-8H2,1-2H3. The van der Waals surface area contributed by atoms with Crippen LogP contribution in [0.4, 0.5) is 0 Å². The second-order valence-electron chi connectivity index (χ2n) is 5.65. The van der Waals surface area contributed by atoms with E-state index in [9.17, 15) is 0 Å². The molecule has 2 heteroatoms. The first kappa shape index (κ1) is 13.0. The molecule has 0 N–H and O–H groups in total. The van der Waals surface area contributed by atoms with Crippen LogP contribution in [-0.4, -0.2) is 7.11 Å². The Hall–Kier alpha value is -1.02. The van der Waals surface area contributed by atoms with Crippen molar-refractivity contribution in [2.45, 2.75) is 51.4 Å². The molecule has 1 aliphatic rings. The third-order valence-electron chi connectivity index (χ3n) is 4.38. The molecule has 1 aromatic heterocycles. The van der Waals surface area contributed by atoms with Crippen molar-refractivity contribution in [3.8, 4) is 5.75 Å². The highest BCUT2D eigenvalue weighted by Crippen LogP contribution is 2.40. The number of hydrogen-bond donors (Lipinski definition) is 0. The molecule has 0 aliphatic heterocycles. The van der Waals surface area contributed by atoms with Crippen LogP contribution in [0.15, 0.2) is 18.2 Å². The molecule has 2 aromatic rings. The molecule has 1 aromatic carbocycles. The van der Waals surface area contributed by atoms with Crippen molar-refractivity contribution in [1.82, 2.24) is 0 Å². The summed E-state index contributed by atoms with van der Waals surface area (Å²) in [6, 6.07) is 6.72. The van der Waals surface area contributed by atoms with Crippen LogP contribution in [0, 0.1) is 6.92 Å². The summed E-state index contributed by atoms with van der Waals surface area (Å²) >= 11 is 1.99. The highest BCUT2D eigenvalue weighted by molar-refractivity contribution is 7.19. The van der Waals surface area contributed by atoms with E-state index in [1.165, 1.54) is 54.2 Å². The minimum absolute atomic E-state index is 0.797. The molecule has 3 rings (SSSR count). The van der Waals surface area contributed by atoms with E-state index in [4.69, 9.17) is 4.74 Å². The zero-order chi connectivity index (χ0) is 13.2. The summed E-state index contributed by atoms with van der Waals surface area (Å²) in [5.41, 5.74) is 1.30. The van der Waals surface area contributed by atoms with Gasteiger partial charge in [-0.1, -0.05) is 25.7 Å². The van der Waals surface area contributed by atoms with Crippen LogP contribution in [0.25, 0.3) is 10.1 Å². The zero-order valence-corrected chi connectivity index (χ0v) is 12.7. The fourth-order valence-corrected chi connectivity index (χ4v) is 4.55. The minimum atomic E-state index is 0.797. The van der Waals surface area contributed by atoms with Gasteiger partial charge < -0.3 is 4.74 Å². The maximum absolute atomic E-state index is 5.43. The van der Waals surface area contributed by atoms with Crippen molar-refractivity contribution in [2.75, 3.05) is 7.11 Å². The van der Waals surface area contributed by atoms with Crippen LogP contribution in [0.3, 0.4) is 0 Å². The average Bonchev–Trinajstić information content (AvgIpc) is 2.68. The van der Waals surface area contributed by atoms with Gasteiger partial charge in [-0.15, -0.1) is 11.3 Å². The third-order valence-corrected chi connectivity index (χ3v) is 5.81. The predicted molar refractivity (Wildman–Crippen MR) is 83.6 cm³/mol. The van der Waals surface area contributed by atoms with Gasteiger partial charge in [-0.2, -0.15) is 0 Å². The summed E-state index contributed by atoms with van der Waals surface area (Å²) in [5, 5.41) is 1.39. The molecule has 0 bridgehead atoms. The van der Waals surface area contributed by atoms with Crippen LogP contribution >= 0.6 is 11.3 Å². The number of rotatable bonds is 2. The fourth-order valence-electron chi connectivity index (χ4n) is 3.23. The summed E-state index contributed by atoms with van der Waals surface area (Å²) in [6.07, 6.45) is 8.41. The van der Waals surface area contributed by atoms with Gasteiger partial charge in [-0.05, 0) is 49.3 Å². The topological polar surface area (TPSA) is 9.23 Å². The summed E-state index contributed by atoms with van der Waals surface area (Å²) in [6.45, 7) is 2.18. The molecule has 0 saturated heterocycles. The van der Waals surface area contributed by atoms with E-state index in [0.29, 0.717) is 0 Å². The molecule has 0 radical (unpaired) electrons. The van der Waals surface area contributed by atoms with Crippen LogP contribution in [0.1, 0.15) is 54.9 Å². The van der Waals surface area contributed by atoms with Gasteiger partial charge in [0.2, 0.25) is 0 Å². The summed E-state index contributed by atoms with van der Waals surface area (Å²) < 4.78 is 6.85. The molecule has 102 valence electrons. The van der Waals surface area contributed by atoms with Gasteiger partial charge in [0.15, 0.2) is 0 Å². The Kier molecular flexibility index (Phi) is 3.79. The van der Waals surface area contributed by atoms with Crippen LogP contribution in [-0.2, 0) is 0 Å². The Morgan fingerprint density at radius 1 is 1.11 bits per heavy atom. The van der Waals surface area contributed by atoms with Crippen molar-refractivity contribution in [1.29, 1.82) is 0 Å². The van der Waals surface area contributed by atoms with E-state index in [-0.39, 0.29) is 0 Å². The molecule has 0 atom stereocenters. The first-order chi connectivity index (χ1) is 9.29. The molecular formula is C17H22OS. The van der Waals surface area contributed by atoms with Crippen LogP contribution in [0.2, 0.25) is 0 Å². The van der Waals surface area contributed by atoms with Crippen molar-refractivity contribution < 1.29 is 4.74 Å². The lowest BCUT2D eigenvalue weighted by Crippen LogP contribution is -1.93. The summed E-state index contributed by atoms with van der Waals surface area (Å²) in [7, 11) is 1.76. The highest BCUT2D eigenvalue weighted by Gasteiger charge is 2.18. The van der Waals surface area contributed by atoms with Gasteiger partial charge in [-0.3, -0.25) is 0 Å². The SMILES string of the molecule is COc1ccc2cc(C3CCCCCC3)sc2c1C. The number of aryl methyl sites for hydroxylation is 1. The number of ether oxygens (including phenoxy) is 1. The molecule has 0 unspecified atom stereocenters. The van der Waals surface area contributed by atoms with Gasteiger partial charge >= 0.3 is 0 Å². The van der Waals surface area contributed by atoms with Gasteiger partial charge in [0.05, 0.1) is 7.11 Å². The lowest BCUT2D eigenvalue weighted by molar-refractivity contribution is 0.412. The highest BCUT2D eigenvalue weighted by atomic mass is 32.1. The third kappa shape index (κ3) is 2.51. The molecule has 1 saturated carbocycles. The van der Waals surface area contributed by atoms with Gasteiger partial charge in [0, 0.05) is 15.1 Å². The molecule has 1 heterocycles. The predicted octanol–water partition coefficient (Wildman–Crippen LogP) is 5.66. The van der Waals surface area contributed by atoms with Gasteiger partial charge in [-0.25, -0.2) is 0 Å². The van der Waals surface area contributed by atoms with Crippen molar-refractivity contribution >= 4 is 21.4 Å². The molecule has 0 spiro atoms. The smallest absolute Gasteiger partial charge is 0.123 e. The second kappa shape index (κ2) is 5.54. The largest absolute Gasteiger partial charge is 0.496 e. The van der Waals surface area contributed by atoms with Gasteiger partial charge in [0.25, 0.3) is 0 Å². The number of hydrogen-bond acceptors (Lipinski definition) is 2. The van der Waals surface area contributed by atoms with E-state index in [1.54, 1.807) is 12.0 Å². The van der Waals surface area contributed by atoms with Gasteiger partial charge in [0.1, 0.15) is 5.75 Å². The molecule has 1 aliphatic carbocycles. The Balaban J connectivity index is 1.98. The Morgan fingerprint density at radius 3 is 2.53 bits per heavy atom. The monoisotopic (exact) mass is 274 g/mol. The number of benzene rings is 1.